The van der Waals surface area contributed by atoms with Crippen LogP contribution < -0.4 is 34.4 Å². The number of nitrogens with zero attached hydrogens (tertiary/aromatic N) is 1. The summed E-state index contributed by atoms with van der Waals surface area (Å²) in [5, 5.41) is 10.4. The molecule has 0 aliphatic carbocycles. The molecule has 0 spiro atoms. The molecule has 13 N–H and O–H groups in total. The van der Waals surface area contributed by atoms with Gasteiger partial charge in [-0.3, -0.25) is 28.9 Å². The molecule has 0 bridgehead atoms. The lowest BCUT2D eigenvalue weighted by molar-refractivity contribution is -0.159. The first-order valence-corrected chi connectivity index (χ1v) is 15.3. The fourth-order valence-electron chi connectivity index (χ4n) is 4.90. The summed E-state index contributed by atoms with van der Waals surface area (Å²) >= 11 is 4.08. The largest absolute Gasteiger partial charge is 0.480 e. The highest BCUT2D eigenvalue weighted by atomic mass is 32.1. The summed E-state index contributed by atoms with van der Waals surface area (Å²) < 4.78 is 0. The Morgan fingerprint density at radius 3 is 1.96 bits per heavy atom. The van der Waals surface area contributed by atoms with E-state index in [2.05, 4.69) is 12.6 Å². The predicted molar refractivity (Wildman–Crippen MR) is 175 cm³/mol. The highest BCUT2D eigenvalue weighted by molar-refractivity contribution is 7.80. The molecule has 0 radical (unpaired) electrons. The molecule has 14 nitrogen and oxygen atoms in total. The molecule has 0 aliphatic rings. The van der Waals surface area contributed by atoms with E-state index in [1.54, 1.807) is 30.3 Å². The number of carbonyl (C=O) groups is 6. The number of nitrogens with two attached hydrogens (primary N) is 6. The minimum Gasteiger partial charge on any atom is -0.480 e. The summed E-state index contributed by atoms with van der Waals surface area (Å²) in [6.07, 6.45) is -0.0608. The van der Waals surface area contributed by atoms with Crippen LogP contribution in [0.25, 0.3) is 0 Å². The van der Waals surface area contributed by atoms with Crippen molar-refractivity contribution in [1.29, 1.82) is 0 Å². The molecule has 5 unspecified atom stereocenters. The number of Topliss-reactive ketones (excluding diaryl/α,β-unsaturated/α-hetero) is 2. The van der Waals surface area contributed by atoms with Gasteiger partial charge in [0.25, 0.3) is 0 Å². The van der Waals surface area contributed by atoms with Crippen molar-refractivity contribution in [3.63, 3.8) is 0 Å². The highest BCUT2D eigenvalue weighted by Gasteiger charge is 2.40. The van der Waals surface area contributed by atoms with Gasteiger partial charge in [0.2, 0.25) is 17.7 Å². The number of carboxylic acid groups (broad SMARTS) is 1. The predicted octanol–water partition coefficient (Wildman–Crippen LogP) is -1.11. The molecule has 2 aromatic rings. The van der Waals surface area contributed by atoms with E-state index >= 15 is 0 Å². The van der Waals surface area contributed by atoms with E-state index in [-0.39, 0.29) is 35.3 Å². The van der Waals surface area contributed by atoms with Crippen molar-refractivity contribution in [2.75, 3.05) is 12.3 Å². The van der Waals surface area contributed by atoms with E-state index in [4.69, 9.17) is 34.4 Å². The van der Waals surface area contributed by atoms with Gasteiger partial charge >= 0.3 is 5.97 Å². The lowest BCUT2D eigenvalue weighted by Crippen LogP contribution is -2.59. The Morgan fingerprint density at radius 2 is 1.39 bits per heavy atom. The zero-order valence-corrected chi connectivity index (χ0v) is 26.3. The maximum absolute atomic E-state index is 13.8. The Hall–Kier alpha value is -3.99. The molecule has 3 amide bonds. The van der Waals surface area contributed by atoms with E-state index in [0.29, 0.717) is 29.8 Å². The molecule has 0 saturated heterocycles. The molecule has 0 heterocycles. The quantitative estimate of drug-likeness (QED) is 0.0507. The van der Waals surface area contributed by atoms with Crippen molar-refractivity contribution in [2.45, 2.75) is 68.7 Å². The zero-order valence-electron chi connectivity index (χ0n) is 25.4. The molecule has 0 aliphatic heterocycles. The Morgan fingerprint density at radius 1 is 0.761 bits per heavy atom. The van der Waals surface area contributed by atoms with E-state index in [1.165, 1.54) is 18.2 Å². The third-order valence-corrected chi connectivity index (χ3v) is 7.73. The molecule has 250 valence electrons. The number of unbranched alkanes of at least 4 members (excludes halogenated alkanes) is 1. The summed E-state index contributed by atoms with van der Waals surface area (Å²) in [4.78, 5) is 79.1. The molecule has 5 atom stereocenters. The van der Waals surface area contributed by atoms with Crippen molar-refractivity contribution >= 4 is 47.9 Å². The number of thiol groups is 1. The second-order valence-corrected chi connectivity index (χ2v) is 11.3. The fourth-order valence-corrected chi connectivity index (χ4v) is 5.07. The summed E-state index contributed by atoms with van der Waals surface area (Å²) in [6.45, 7) is 0.376. The van der Waals surface area contributed by atoms with Crippen LogP contribution in [0.2, 0.25) is 0 Å². The third-order valence-electron chi connectivity index (χ3n) is 7.34. The number of aliphatic carboxylic acids is 1. The average Bonchev–Trinajstić information content (AvgIpc) is 3.02. The van der Waals surface area contributed by atoms with Gasteiger partial charge in [0.05, 0.1) is 30.6 Å². The molecule has 0 aromatic heterocycles. The average molecular weight is 658 g/mol. The first-order chi connectivity index (χ1) is 21.7. The van der Waals surface area contributed by atoms with Gasteiger partial charge in [-0.25, -0.2) is 4.79 Å². The Balaban J connectivity index is 2.69. The molecule has 15 heteroatoms. The van der Waals surface area contributed by atoms with Gasteiger partial charge in [-0.15, -0.1) is 0 Å². The SMILES string of the molecule is NCCCCC(N)C(=O)c1c(CC(C(=O)O)N(C(=O)C(N)CC(N)=O)C(=O)C(N)Cc2ccccc2)cccc1C(=O)C(N)CS. The number of benzene rings is 2. The Kier molecular flexibility index (Phi) is 15.1. The second kappa shape index (κ2) is 18.2. The Labute approximate surface area is 272 Å². The number of hydrogen-bond donors (Lipinski definition) is 8. The molecule has 0 fully saturated rings. The van der Waals surface area contributed by atoms with Crippen LogP contribution in [-0.4, -0.2) is 87.8 Å². The number of hydrogen-bond acceptors (Lipinski definition) is 12. The van der Waals surface area contributed by atoms with Crippen LogP contribution >= 0.6 is 12.6 Å². The number of rotatable bonds is 19. The summed E-state index contributed by atoms with van der Waals surface area (Å²) in [7, 11) is 0. The fraction of sp³-hybridized carbons (Fsp3) is 0.419. The van der Waals surface area contributed by atoms with Crippen molar-refractivity contribution < 1.29 is 33.9 Å². The molecule has 2 rings (SSSR count). The minimum absolute atomic E-state index is 0.00888. The van der Waals surface area contributed by atoms with Gasteiger partial charge in [0.15, 0.2) is 11.6 Å². The van der Waals surface area contributed by atoms with Crippen molar-refractivity contribution in [2.24, 2.45) is 34.4 Å². The van der Waals surface area contributed by atoms with E-state index in [1.807, 2.05) is 0 Å². The molecular weight excluding hydrogens is 614 g/mol. The molecule has 2 aromatic carbocycles. The number of imide groups is 1. The first kappa shape index (κ1) is 38.2. The number of ketones is 2. The van der Waals surface area contributed by atoms with Crippen molar-refractivity contribution in [3.8, 4) is 0 Å². The third kappa shape index (κ3) is 10.3. The smallest absolute Gasteiger partial charge is 0.327 e. The lowest BCUT2D eigenvalue weighted by Gasteiger charge is -2.32. The van der Waals surface area contributed by atoms with E-state index in [9.17, 15) is 33.9 Å². The maximum Gasteiger partial charge on any atom is 0.327 e. The minimum atomic E-state index is -1.97. The highest BCUT2D eigenvalue weighted by Crippen LogP contribution is 2.24. The monoisotopic (exact) mass is 657 g/mol. The maximum atomic E-state index is 13.8. The lowest BCUT2D eigenvalue weighted by atomic mass is 9.86. The van der Waals surface area contributed by atoms with Crippen LogP contribution in [0.4, 0.5) is 0 Å². The molecular formula is C31H43N7O7S. The number of carbonyl (C=O) groups excluding carboxylic acids is 5. The van der Waals surface area contributed by atoms with E-state index < -0.39 is 78.3 Å². The van der Waals surface area contributed by atoms with Crippen molar-refractivity contribution in [3.05, 3.63) is 70.8 Å². The van der Waals surface area contributed by atoms with Crippen LogP contribution in [0.3, 0.4) is 0 Å². The summed E-state index contributed by atoms with van der Waals surface area (Å²) in [5.74, 6) is -6.26. The van der Waals surface area contributed by atoms with Crippen LogP contribution in [0.1, 0.15) is 57.5 Å². The second-order valence-electron chi connectivity index (χ2n) is 10.9. The number of carboxylic acids is 1. The van der Waals surface area contributed by atoms with Crippen LogP contribution in [0.5, 0.6) is 0 Å². The van der Waals surface area contributed by atoms with Crippen LogP contribution in [0.15, 0.2) is 48.5 Å². The van der Waals surface area contributed by atoms with Gasteiger partial charge in [-0.2, -0.15) is 12.6 Å². The molecule has 46 heavy (non-hydrogen) atoms. The van der Waals surface area contributed by atoms with Gasteiger partial charge < -0.3 is 39.5 Å². The summed E-state index contributed by atoms with van der Waals surface area (Å²) in [5.41, 5.74) is 35.4. The van der Waals surface area contributed by atoms with Crippen LogP contribution in [0, 0.1) is 0 Å². The zero-order chi connectivity index (χ0) is 34.6. The van der Waals surface area contributed by atoms with Gasteiger partial charge in [0, 0.05) is 23.3 Å². The molecule has 0 saturated carbocycles. The van der Waals surface area contributed by atoms with Gasteiger partial charge in [0.1, 0.15) is 6.04 Å². The number of primary amides is 1. The topological polar surface area (TPSA) is 282 Å². The van der Waals surface area contributed by atoms with Crippen molar-refractivity contribution in [1.82, 2.24) is 4.90 Å². The number of amides is 3. The first-order valence-electron chi connectivity index (χ1n) is 14.7. The standard InChI is InChI=1S/C31H43N7O7S/c32-12-5-4-11-20(33)28(41)26-18(9-6-10-19(26)27(40)23(36)16-46)14-24(31(44)45)38(30(43)22(35)15-25(37)39)29(42)21(34)13-17-7-2-1-3-8-17/h1-3,6-10,20-24,46H,4-5,11-16,32-36H2,(H2,37,39)(H,44,45). The van der Waals surface area contributed by atoms with E-state index in [0.717, 1.165) is 0 Å². The van der Waals surface area contributed by atoms with Gasteiger partial charge in [-0.05, 0) is 36.9 Å². The van der Waals surface area contributed by atoms with Gasteiger partial charge in [-0.1, -0.05) is 55.0 Å². The normalized spacial score (nSPS) is 14.4. The Bertz CT molecular complexity index is 1410. The van der Waals surface area contributed by atoms with Crippen LogP contribution in [-0.2, 0) is 32.0 Å². The summed E-state index contributed by atoms with van der Waals surface area (Å²) in [6, 6.07) is 5.50.